The highest BCUT2D eigenvalue weighted by Crippen LogP contribution is 2.38. The second-order valence-corrected chi connectivity index (χ2v) is 26.6. The van der Waals surface area contributed by atoms with Crippen molar-refractivity contribution in [2.45, 2.75) is 83.1 Å². The number of benzene rings is 12. The maximum Gasteiger partial charge on any atom is 0.126 e. The third-order valence-electron chi connectivity index (χ3n) is 19.2. The van der Waals surface area contributed by atoms with Gasteiger partial charge in [0.1, 0.15) is 17.5 Å². The molecule has 0 radical (unpaired) electrons. The molecule has 0 aliphatic rings. The van der Waals surface area contributed by atoms with Crippen LogP contribution in [0.25, 0.3) is 72.9 Å². The van der Waals surface area contributed by atoms with Gasteiger partial charge in [-0.25, -0.2) is 13.2 Å². The van der Waals surface area contributed by atoms with E-state index in [0.717, 1.165) is 67.5 Å². The van der Waals surface area contributed by atoms with Crippen LogP contribution in [0, 0.1) is 101 Å². The van der Waals surface area contributed by atoms with Gasteiger partial charge in [-0.3, -0.25) is 0 Å². The van der Waals surface area contributed by atoms with Crippen molar-refractivity contribution in [3.05, 3.63) is 388 Å². The number of aryl methyl sites for hydroxylation is 9. The normalized spacial score (nSPS) is 11.7. The summed E-state index contributed by atoms with van der Waals surface area (Å²) < 4.78 is 42.1. The van der Waals surface area contributed by atoms with Crippen LogP contribution in [-0.4, -0.2) is 0 Å². The molecule has 5 heteroatoms. The van der Waals surface area contributed by atoms with Crippen LogP contribution in [-0.2, 0) is 0 Å². The lowest BCUT2D eigenvalue weighted by molar-refractivity contribution is 0.618. The van der Waals surface area contributed by atoms with E-state index in [0.29, 0.717) is 16.7 Å². The van der Waals surface area contributed by atoms with Gasteiger partial charge in [0.25, 0.3) is 0 Å². The number of rotatable bonds is 18. The lowest BCUT2D eigenvalue weighted by atomic mass is 10.00. The van der Waals surface area contributed by atoms with Gasteiger partial charge in [-0.15, -0.1) is 0 Å². The Morgan fingerprint density at radius 2 is 0.317 bits per heavy atom. The van der Waals surface area contributed by atoms with Crippen LogP contribution in [0.1, 0.15) is 134 Å². The van der Waals surface area contributed by atoms with Crippen LogP contribution in [0.15, 0.2) is 237 Å². The summed E-state index contributed by atoms with van der Waals surface area (Å²) in [7, 11) is 0. The molecule has 0 aromatic heterocycles. The summed E-state index contributed by atoms with van der Waals surface area (Å²) in [5, 5.41) is 0. The SMILES string of the molecule is Cc1cc(/C=C/c2ccc(N(c3ccc(/C=C/c4cc(C)c(C)c(C)c4)cc3)c3ccc(/C=C/c4cc(C)c(C)c(C)c4)cc3)cc2)cc(C)c1C.Cc1ccc(/C=C/c2ccc(N(c3ccc(/C=C/c4ccc(C)c(F)c4)cc3)c3ccc(/C=C/c4ccc(C)c(F)c4)cc3)cc2)cc1F. The second-order valence-electron chi connectivity index (χ2n) is 26.6. The first-order valence-corrected chi connectivity index (χ1v) is 34.5. The highest BCUT2D eigenvalue weighted by molar-refractivity contribution is 5.84. The van der Waals surface area contributed by atoms with Crippen molar-refractivity contribution in [2.75, 3.05) is 9.80 Å². The van der Waals surface area contributed by atoms with Gasteiger partial charge in [0.2, 0.25) is 0 Å². The average molecular weight is 1330 g/mol. The van der Waals surface area contributed by atoms with E-state index in [9.17, 15) is 13.2 Å². The standard InChI is InChI=1S/C51H51N.C45H36F3N/c1-34-28-46(29-35(2)40(34)7)13-10-43-16-22-49(23-17-43)52(50-24-18-44(19-25-50)11-14-47-30-36(3)41(8)37(4)31-47)51-26-20-45(21-27-51)12-15-48-32-38(5)42(9)39(6)33-48;1-31-4-7-37(28-43(31)46)13-10-34-16-22-40(23-17-34)49(41-24-18-35(19-25-41)11-14-38-8-5-32(2)44(47)29-38)42-26-20-36(21-27-42)12-15-39-9-6-33(3)45(48)30-39/h10-33H,1-9H3;4-30H,1-3H3/b2*13-10+,14-11+,15-12+. The molecule has 0 aliphatic heterocycles. The van der Waals surface area contributed by atoms with Crippen LogP contribution in [0.4, 0.5) is 47.3 Å². The smallest absolute Gasteiger partial charge is 0.126 e. The summed E-state index contributed by atoms with van der Waals surface area (Å²) in [4.78, 5) is 4.51. The van der Waals surface area contributed by atoms with Gasteiger partial charge < -0.3 is 9.80 Å². The molecule has 502 valence electrons. The monoisotopic (exact) mass is 1320 g/mol. The van der Waals surface area contributed by atoms with Gasteiger partial charge in [-0.2, -0.15) is 0 Å². The lowest BCUT2D eigenvalue weighted by Crippen LogP contribution is -2.09. The Morgan fingerprint density at radius 1 is 0.168 bits per heavy atom. The Hall–Kier alpha value is -11.5. The van der Waals surface area contributed by atoms with Crippen molar-refractivity contribution in [1.82, 2.24) is 0 Å². The molecule has 0 unspecified atom stereocenters. The van der Waals surface area contributed by atoms with E-state index in [4.69, 9.17) is 0 Å². The van der Waals surface area contributed by atoms with Gasteiger partial charge in [-0.05, 0) is 308 Å². The highest BCUT2D eigenvalue weighted by Gasteiger charge is 2.16. The molecule has 0 bridgehead atoms. The molecule has 12 aromatic carbocycles. The minimum atomic E-state index is -0.218. The highest BCUT2D eigenvalue weighted by atomic mass is 19.1. The van der Waals surface area contributed by atoms with Crippen molar-refractivity contribution < 1.29 is 13.2 Å². The van der Waals surface area contributed by atoms with E-state index in [2.05, 4.69) is 254 Å². The third-order valence-corrected chi connectivity index (χ3v) is 19.2. The van der Waals surface area contributed by atoms with Crippen molar-refractivity contribution in [2.24, 2.45) is 0 Å². The second kappa shape index (κ2) is 32.4. The van der Waals surface area contributed by atoms with E-state index in [-0.39, 0.29) is 17.5 Å². The fourth-order valence-corrected chi connectivity index (χ4v) is 12.1. The van der Waals surface area contributed by atoms with Crippen molar-refractivity contribution in [1.29, 1.82) is 0 Å². The molecule has 0 heterocycles. The molecule has 0 saturated carbocycles. The fraction of sp³-hybridized carbons (Fsp3) is 0.125. The minimum Gasteiger partial charge on any atom is -0.311 e. The number of halogens is 3. The number of nitrogens with zero attached hydrogens (tertiary/aromatic N) is 2. The Labute approximate surface area is 597 Å². The maximum absolute atomic E-state index is 14.0. The number of hydrogen-bond donors (Lipinski definition) is 0. The maximum atomic E-state index is 14.0. The molecule has 0 amide bonds. The van der Waals surface area contributed by atoms with Crippen LogP contribution in [0.3, 0.4) is 0 Å². The molecule has 2 nitrogen and oxygen atoms in total. The first-order chi connectivity index (χ1) is 48.7. The molecule has 0 fully saturated rings. The van der Waals surface area contributed by atoms with Crippen molar-refractivity contribution >= 4 is 107 Å². The van der Waals surface area contributed by atoms with Crippen LogP contribution < -0.4 is 9.80 Å². The largest absolute Gasteiger partial charge is 0.311 e. The molecule has 12 rings (SSSR count). The molecular weight excluding hydrogens is 1240 g/mol. The number of hydrogen-bond acceptors (Lipinski definition) is 2. The Morgan fingerprint density at radius 3 is 0.485 bits per heavy atom. The molecular formula is C96H87F3N2. The average Bonchev–Trinajstić information content (AvgIpc) is 0.807. The third kappa shape index (κ3) is 18.4. The quantitative estimate of drug-likeness (QED) is 0.0790. The van der Waals surface area contributed by atoms with Gasteiger partial charge >= 0.3 is 0 Å². The molecule has 0 aliphatic carbocycles. The Bertz CT molecular complexity index is 4520. The van der Waals surface area contributed by atoms with Gasteiger partial charge in [0, 0.05) is 34.1 Å². The van der Waals surface area contributed by atoms with Gasteiger partial charge in [0.15, 0.2) is 0 Å². The van der Waals surface area contributed by atoms with Crippen LogP contribution in [0.5, 0.6) is 0 Å². The number of anilines is 6. The van der Waals surface area contributed by atoms with E-state index in [1.54, 1.807) is 39.0 Å². The van der Waals surface area contributed by atoms with Gasteiger partial charge in [0.05, 0.1) is 0 Å². The summed E-state index contributed by atoms with van der Waals surface area (Å²) >= 11 is 0. The zero-order chi connectivity index (χ0) is 71.3. The Kier molecular flexibility index (Phi) is 22.7. The van der Waals surface area contributed by atoms with E-state index in [1.807, 2.05) is 91.1 Å². The summed E-state index contributed by atoms with van der Waals surface area (Å²) in [6, 6.07) is 80.4. The van der Waals surface area contributed by atoms with Crippen molar-refractivity contribution in [3.63, 3.8) is 0 Å². The van der Waals surface area contributed by atoms with E-state index in [1.165, 1.54) is 102 Å². The van der Waals surface area contributed by atoms with Crippen LogP contribution in [0.2, 0.25) is 0 Å². The zero-order valence-corrected chi connectivity index (χ0v) is 60.0. The lowest BCUT2D eigenvalue weighted by Gasteiger charge is -2.26. The summed E-state index contributed by atoms with van der Waals surface area (Å²) in [5.41, 5.74) is 32.8. The van der Waals surface area contributed by atoms with Gasteiger partial charge in [-0.1, -0.05) is 219 Å². The molecule has 0 atom stereocenters. The fourth-order valence-electron chi connectivity index (χ4n) is 12.1. The topological polar surface area (TPSA) is 6.48 Å². The van der Waals surface area contributed by atoms with E-state index < -0.39 is 0 Å². The summed E-state index contributed by atoms with van der Waals surface area (Å²) in [6.45, 7) is 25.0. The Balaban J connectivity index is 0.000000204. The molecule has 101 heavy (non-hydrogen) atoms. The summed E-state index contributed by atoms with van der Waals surface area (Å²) in [6.07, 6.45) is 24.9. The minimum absolute atomic E-state index is 0.218. The predicted octanol–water partition coefficient (Wildman–Crippen LogP) is 27.5. The summed E-state index contributed by atoms with van der Waals surface area (Å²) in [5.74, 6) is -0.655. The molecule has 12 aromatic rings. The molecule has 0 spiro atoms. The molecule has 0 saturated heterocycles. The zero-order valence-electron chi connectivity index (χ0n) is 60.0. The van der Waals surface area contributed by atoms with Crippen LogP contribution >= 0.6 is 0 Å². The first-order valence-electron chi connectivity index (χ1n) is 34.5. The predicted molar refractivity (Wildman–Crippen MR) is 431 cm³/mol. The van der Waals surface area contributed by atoms with E-state index >= 15 is 0 Å². The first kappa shape index (κ1) is 70.8. The van der Waals surface area contributed by atoms with Crippen molar-refractivity contribution in [3.8, 4) is 0 Å². The molecule has 0 N–H and O–H groups in total.